The van der Waals surface area contributed by atoms with Gasteiger partial charge in [0.25, 0.3) is 5.89 Å². The summed E-state index contributed by atoms with van der Waals surface area (Å²) >= 11 is 0. The number of carbonyl (C=O) groups is 2. The van der Waals surface area contributed by atoms with E-state index in [4.69, 9.17) is 14.0 Å². The maximum absolute atomic E-state index is 11.4. The Bertz CT molecular complexity index is 650. The Balaban J connectivity index is 1.75. The van der Waals surface area contributed by atoms with Gasteiger partial charge in [0.15, 0.2) is 11.6 Å². The number of aliphatic carboxylic acids is 1. The molecule has 1 saturated heterocycles. The van der Waals surface area contributed by atoms with Crippen LogP contribution in [0.5, 0.6) is 0 Å². The molecular weight excluding hydrogens is 280 g/mol. The highest BCUT2D eigenvalue weighted by Gasteiger charge is 2.32. The first kappa shape index (κ1) is 13.3. The molecule has 1 unspecified atom stereocenters. The van der Waals surface area contributed by atoms with E-state index in [0.717, 1.165) is 0 Å². The van der Waals surface area contributed by atoms with Crippen molar-refractivity contribution in [3.63, 3.8) is 0 Å². The summed E-state index contributed by atoms with van der Waals surface area (Å²) in [5, 5.41) is 15.4. The molecule has 1 atom stereocenters. The minimum atomic E-state index is -1.01. The first-order valence-electron chi connectivity index (χ1n) is 6.23. The molecule has 1 fully saturated rings. The van der Waals surface area contributed by atoms with Crippen molar-refractivity contribution in [3.8, 4) is 11.7 Å². The minimum Gasteiger partial charge on any atom is -0.480 e. The van der Waals surface area contributed by atoms with Crippen molar-refractivity contribution in [2.75, 3.05) is 13.1 Å². The minimum absolute atomic E-state index is 0.0262. The summed E-state index contributed by atoms with van der Waals surface area (Å²) in [4.78, 5) is 28.2. The van der Waals surface area contributed by atoms with Crippen molar-refractivity contribution in [3.05, 3.63) is 24.2 Å². The number of piperazine rings is 1. The molecule has 9 nitrogen and oxygen atoms in total. The Labute approximate surface area is 118 Å². The largest absolute Gasteiger partial charge is 0.480 e. The molecule has 1 aliphatic heterocycles. The zero-order valence-corrected chi connectivity index (χ0v) is 10.9. The molecule has 9 heteroatoms. The number of nitrogens with one attached hydrogen (secondary N) is 1. The van der Waals surface area contributed by atoms with Crippen LogP contribution in [0.4, 0.5) is 0 Å². The molecule has 0 spiro atoms. The fourth-order valence-electron chi connectivity index (χ4n) is 2.10. The average molecular weight is 292 g/mol. The number of rotatable bonds is 4. The van der Waals surface area contributed by atoms with E-state index in [1.165, 1.54) is 11.2 Å². The van der Waals surface area contributed by atoms with Gasteiger partial charge in [-0.1, -0.05) is 5.16 Å². The second kappa shape index (κ2) is 5.37. The molecule has 110 valence electrons. The Morgan fingerprint density at radius 1 is 1.57 bits per heavy atom. The van der Waals surface area contributed by atoms with Crippen LogP contribution in [-0.4, -0.2) is 51.2 Å². The highest BCUT2D eigenvalue weighted by atomic mass is 16.5. The zero-order chi connectivity index (χ0) is 14.8. The number of furan rings is 1. The summed E-state index contributed by atoms with van der Waals surface area (Å²) in [6, 6.07) is 2.55. The van der Waals surface area contributed by atoms with Crippen LogP contribution in [0.3, 0.4) is 0 Å². The van der Waals surface area contributed by atoms with Crippen LogP contribution in [0.15, 0.2) is 27.3 Å². The second-order valence-corrected chi connectivity index (χ2v) is 4.56. The summed E-state index contributed by atoms with van der Waals surface area (Å²) in [5.41, 5.74) is 0. The highest BCUT2D eigenvalue weighted by molar-refractivity contribution is 5.83. The average Bonchev–Trinajstić information content (AvgIpc) is 3.08. The van der Waals surface area contributed by atoms with Crippen LogP contribution < -0.4 is 5.32 Å². The maximum atomic E-state index is 11.4. The number of hydrogen-bond acceptors (Lipinski definition) is 7. The van der Waals surface area contributed by atoms with Gasteiger partial charge in [-0.2, -0.15) is 4.98 Å². The molecule has 3 heterocycles. The molecule has 21 heavy (non-hydrogen) atoms. The van der Waals surface area contributed by atoms with E-state index in [0.29, 0.717) is 11.6 Å². The van der Waals surface area contributed by atoms with Gasteiger partial charge in [-0.25, -0.2) is 0 Å². The van der Waals surface area contributed by atoms with Gasteiger partial charge < -0.3 is 19.4 Å². The molecule has 1 amide bonds. The molecule has 0 bridgehead atoms. The first-order chi connectivity index (χ1) is 10.1. The van der Waals surface area contributed by atoms with Crippen LogP contribution in [-0.2, 0) is 16.1 Å². The quantitative estimate of drug-likeness (QED) is 0.788. The van der Waals surface area contributed by atoms with Crippen molar-refractivity contribution in [1.82, 2.24) is 20.4 Å². The highest BCUT2D eigenvalue weighted by Crippen LogP contribution is 2.18. The van der Waals surface area contributed by atoms with E-state index in [1.807, 2.05) is 0 Å². The van der Waals surface area contributed by atoms with E-state index < -0.39 is 12.0 Å². The van der Waals surface area contributed by atoms with E-state index in [9.17, 15) is 9.59 Å². The molecule has 1 aliphatic rings. The number of hydrogen-bond donors (Lipinski definition) is 2. The van der Waals surface area contributed by atoms with Crippen LogP contribution in [0, 0.1) is 0 Å². The van der Waals surface area contributed by atoms with Crippen molar-refractivity contribution in [2.45, 2.75) is 12.6 Å². The fourth-order valence-corrected chi connectivity index (χ4v) is 2.10. The summed E-state index contributed by atoms with van der Waals surface area (Å²) in [5.74, 6) is -0.308. The lowest BCUT2D eigenvalue weighted by Gasteiger charge is -2.31. The van der Waals surface area contributed by atoms with Crippen molar-refractivity contribution in [2.24, 2.45) is 0 Å². The van der Waals surface area contributed by atoms with Crippen molar-refractivity contribution < 1.29 is 23.6 Å². The van der Waals surface area contributed by atoms with E-state index in [-0.39, 0.29) is 31.4 Å². The van der Waals surface area contributed by atoms with Gasteiger partial charge in [-0.3, -0.25) is 14.5 Å². The molecule has 2 aromatic rings. The lowest BCUT2D eigenvalue weighted by molar-refractivity contribution is -0.146. The Kier molecular flexibility index (Phi) is 3.40. The van der Waals surface area contributed by atoms with Gasteiger partial charge in [0, 0.05) is 6.54 Å². The predicted molar refractivity (Wildman–Crippen MR) is 66.8 cm³/mol. The third-order valence-electron chi connectivity index (χ3n) is 3.11. The Morgan fingerprint density at radius 2 is 2.43 bits per heavy atom. The molecular formula is C12H12N4O5. The number of aromatic nitrogens is 2. The Hall–Kier alpha value is -2.68. The topological polar surface area (TPSA) is 122 Å². The normalized spacial score (nSPS) is 19.4. The summed E-state index contributed by atoms with van der Waals surface area (Å²) < 4.78 is 10.2. The van der Waals surface area contributed by atoms with Crippen LogP contribution in [0.1, 0.15) is 5.82 Å². The molecule has 0 aliphatic carbocycles. The molecule has 2 aromatic heterocycles. The number of carbonyl (C=O) groups excluding carboxylic acids is 1. The summed E-state index contributed by atoms with van der Waals surface area (Å²) in [6.07, 6.45) is 1.48. The first-order valence-corrected chi connectivity index (χ1v) is 6.23. The Morgan fingerprint density at radius 3 is 3.14 bits per heavy atom. The molecule has 0 radical (unpaired) electrons. The fraction of sp³-hybridized carbons (Fsp3) is 0.333. The third kappa shape index (κ3) is 2.77. The number of nitrogens with zero attached hydrogens (tertiary/aromatic N) is 3. The van der Waals surface area contributed by atoms with Gasteiger partial charge >= 0.3 is 5.97 Å². The number of amides is 1. The van der Waals surface area contributed by atoms with Gasteiger partial charge in [0.2, 0.25) is 5.91 Å². The lowest BCUT2D eigenvalue weighted by atomic mass is 10.2. The van der Waals surface area contributed by atoms with Crippen LogP contribution in [0.2, 0.25) is 0 Å². The summed E-state index contributed by atoms with van der Waals surface area (Å²) in [7, 11) is 0. The molecule has 0 aromatic carbocycles. The van der Waals surface area contributed by atoms with Gasteiger partial charge in [0.05, 0.1) is 19.4 Å². The predicted octanol–water partition coefficient (Wildman–Crippen LogP) is -0.285. The standard InChI is InChI=1S/C12H12N4O5/c17-10-6-16(7(4-13-10)12(18)19)5-9-14-11(21-15-9)8-2-1-3-20-8/h1-3,7H,4-6H2,(H,13,17)(H,18,19). The van der Waals surface area contributed by atoms with Crippen LogP contribution in [0.25, 0.3) is 11.7 Å². The van der Waals surface area contributed by atoms with Crippen molar-refractivity contribution >= 4 is 11.9 Å². The van der Waals surface area contributed by atoms with Gasteiger partial charge in [-0.15, -0.1) is 0 Å². The smallest absolute Gasteiger partial charge is 0.322 e. The number of carboxylic acid groups (broad SMARTS) is 1. The molecule has 0 saturated carbocycles. The van der Waals surface area contributed by atoms with E-state index >= 15 is 0 Å². The van der Waals surface area contributed by atoms with E-state index in [1.54, 1.807) is 12.1 Å². The van der Waals surface area contributed by atoms with Crippen molar-refractivity contribution in [1.29, 1.82) is 0 Å². The number of carboxylic acids is 1. The monoisotopic (exact) mass is 292 g/mol. The van der Waals surface area contributed by atoms with Gasteiger partial charge in [-0.05, 0) is 12.1 Å². The summed E-state index contributed by atoms with van der Waals surface area (Å²) in [6.45, 7) is 0.132. The zero-order valence-electron chi connectivity index (χ0n) is 10.9. The molecule has 3 rings (SSSR count). The van der Waals surface area contributed by atoms with Crippen LogP contribution >= 0.6 is 0 Å². The lowest BCUT2D eigenvalue weighted by Crippen LogP contribution is -2.57. The SMILES string of the molecule is O=C1CN(Cc2noc(-c3ccco3)n2)C(C(=O)O)CN1. The molecule has 2 N–H and O–H groups in total. The third-order valence-corrected chi connectivity index (χ3v) is 3.11. The second-order valence-electron chi connectivity index (χ2n) is 4.56. The van der Waals surface area contributed by atoms with Gasteiger partial charge in [0.1, 0.15) is 6.04 Å². The maximum Gasteiger partial charge on any atom is 0.322 e. The van der Waals surface area contributed by atoms with E-state index in [2.05, 4.69) is 15.5 Å².